The Kier molecular flexibility index (Phi) is 1.72. The van der Waals surface area contributed by atoms with Crippen LogP contribution >= 0.6 is 0 Å². The Hall–Kier alpha value is -0.770. The van der Waals surface area contributed by atoms with Gasteiger partial charge in [-0.05, 0) is 13.5 Å². The van der Waals surface area contributed by atoms with Crippen LogP contribution in [0.3, 0.4) is 0 Å². The number of amides is 1. The predicted octanol–water partition coefficient (Wildman–Crippen LogP) is 0.141. The summed E-state index contributed by atoms with van der Waals surface area (Å²) in [5, 5.41) is 0. The fraction of sp³-hybridized carbons (Fsp3) is 0.875. The molecular formula is C8H14N2O2. The van der Waals surface area contributed by atoms with E-state index in [-0.39, 0.29) is 12.2 Å². The van der Waals surface area contributed by atoms with E-state index in [0.29, 0.717) is 6.04 Å². The van der Waals surface area contributed by atoms with Crippen LogP contribution < -0.4 is 0 Å². The highest BCUT2D eigenvalue weighted by Gasteiger charge is 2.41. The second kappa shape index (κ2) is 2.62. The first kappa shape index (κ1) is 7.86. The largest absolute Gasteiger partial charge is 0.443 e. The minimum atomic E-state index is -0.166. The minimum Gasteiger partial charge on any atom is -0.443 e. The average molecular weight is 170 g/mol. The zero-order chi connectivity index (χ0) is 8.72. The van der Waals surface area contributed by atoms with Crippen LogP contribution in [0.5, 0.6) is 0 Å². The number of likely N-dealkylation sites (N-methyl/N-ethyl adjacent to an activating group) is 2. The van der Waals surface area contributed by atoms with Gasteiger partial charge in [-0.1, -0.05) is 0 Å². The second-order valence-corrected chi connectivity index (χ2v) is 3.65. The molecule has 2 aliphatic rings. The molecule has 2 heterocycles. The lowest BCUT2D eigenvalue weighted by Gasteiger charge is -2.31. The molecule has 2 saturated heterocycles. The van der Waals surface area contributed by atoms with E-state index in [4.69, 9.17) is 4.74 Å². The Morgan fingerprint density at radius 3 is 3.00 bits per heavy atom. The van der Waals surface area contributed by atoms with Gasteiger partial charge < -0.3 is 14.5 Å². The number of likely N-dealkylation sites (tertiary alicyclic amines) is 1. The summed E-state index contributed by atoms with van der Waals surface area (Å²) in [7, 11) is 3.88. The van der Waals surface area contributed by atoms with Gasteiger partial charge in [0, 0.05) is 20.1 Å². The van der Waals surface area contributed by atoms with Gasteiger partial charge in [0.05, 0.1) is 6.04 Å². The van der Waals surface area contributed by atoms with Crippen molar-refractivity contribution < 1.29 is 9.53 Å². The van der Waals surface area contributed by atoms with Gasteiger partial charge in [-0.25, -0.2) is 4.79 Å². The normalized spacial score (nSPS) is 36.5. The van der Waals surface area contributed by atoms with Crippen molar-refractivity contribution in [2.45, 2.75) is 18.6 Å². The summed E-state index contributed by atoms with van der Waals surface area (Å²) in [5.41, 5.74) is 0. The van der Waals surface area contributed by atoms with E-state index in [0.717, 1.165) is 19.5 Å². The smallest absolute Gasteiger partial charge is 0.410 e. The number of piperidine rings is 1. The summed E-state index contributed by atoms with van der Waals surface area (Å²) in [4.78, 5) is 15.1. The van der Waals surface area contributed by atoms with Crippen molar-refractivity contribution >= 4 is 6.09 Å². The van der Waals surface area contributed by atoms with E-state index in [1.807, 2.05) is 7.05 Å². The van der Waals surface area contributed by atoms with Gasteiger partial charge in [0.25, 0.3) is 0 Å². The third-order valence-corrected chi connectivity index (χ3v) is 2.77. The topological polar surface area (TPSA) is 32.8 Å². The Morgan fingerprint density at radius 1 is 1.50 bits per heavy atom. The van der Waals surface area contributed by atoms with Crippen LogP contribution in [0.1, 0.15) is 6.42 Å². The van der Waals surface area contributed by atoms with Gasteiger partial charge in [0.15, 0.2) is 0 Å². The van der Waals surface area contributed by atoms with Crippen LogP contribution in [0.15, 0.2) is 0 Å². The molecule has 0 spiro atoms. The maximum atomic E-state index is 11.1. The molecule has 2 aliphatic heterocycles. The molecule has 0 saturated carbocycles. The zero-order valence-corrected chi connectivity index (χ0v) is 7.49. The summed E-state index contributed by atoms with van der Waals surface area (Å²) in [6, 6.07) is 0.314. The average Bonchev–Trinajstić information content (AvgIpc) is 2.28. The van der Waals surface area contributed by atoms with Crippen LogP contribution in [0.25, 0.3) is 0 Å². The zero-order valence-electron chi connectivity index (χ0n) is 7.49. The molecular weight excluding hydrogens is 156 g/mol. The molecule has 2 atom stereocenters. The number of carbonyl (C=O) groups is 1. The summed E-state index contributed by atoms with van der Waals surface area (Å²) in [6.07, 6.45) is 0.963. The highest BCUT2D eigenvalue weighted by atomic mass is 16.6. The van der Waals surface area contributed by atoms with Gasteiger partial charge in [0.2, 0.25) is 0 Å². The van der Waals surface area contributed by atoms with Crippen molar-refractivity contribution in [3.05, 3.63) is 0 Å². The Bertz CT molecular complexity index is 207. The van der Waals surface area contributed by atoms with Crippen LogP contribution in [-0.4, -0.2) is 55.2 Å². The molecule has 4 nitrogen and oxygen atoms in total. The minimum absolute atomic E-state index is 0.0984. The lowest BCUT2D eigenvalue weighted by Crippen LogP contribution is -2.46. The fourth-order valence-corrected chi connectivity index (χ4v) is 1.97. The molecule has 2 fully saturated rings. The maximum absolute atomic E-state index is 11.1. The molecule has 4 heteroatoms. The van der Waals surface area contributed by atoms with Gasteiger partial charge in [-0.15, -0.1) is 0 Å². The van der Waals surface area contributed by atoms with Crippen molar-refractivity contribution in [2.24, 2.45) is 0 Å². The predicted molar refractivity (Wildman–Crippen MR) is 43.9 cm³/mol. The van der Waals surface area contributed by atoms with Gasteiger partial charge >= 0.3 is 6.09 Å². The van der Waals surface area contributed by atoms with E-state index >= 15 is 0 Å². The maximum Gasteiger partial charge on any atom is 0.410 e. The first-order valence-electron chi connectivity index (χ1n) is 4.30. The first-order chi connectivity index (χ1) is 5.68. The monoisotopic (exact) mass is 170 g/mol. The second-order valence-electron chi connectivity index (χ2n) is 3.65. The van der Waals surface area contributed by atoms with Crippen molar-refractivity contribution in [2.75, 3.05) is 27.2 Å². The molecule has 0 aromatic rings. The number of nitrogens with zero attached hydrogens (tertiary/aromatic N) is 2. The van der Waals surface area contributed by atoms with Crippen LogP contribution in [0.4, 0.5) is 4.79 Å². The van der Waals surface area contributed by atoms with E-state index in [1.165, 1.54) is 0 Å². The highest BCUT2D eigenvalue weighted by molar-refractivity contribution is 5.70. The van der Waals surface area contributed by atoms with Gasteiger partial charge in [0.1, 0.15) is 6.10 Å². The standard InChI is InChI=1S/C8H14N2O2/c1-9-4-3-6-7(5-9)12-8(11)10(6)2/h6-7H,3-5H2,1-2H3. The summed E-state index contributed by atoms with van der Waals surface area (Å²) in [6.45, 7) is 1.93. The molecule has 0 aromatic carbocycles. The molecule has 2 unspecified atom stereocenters. The molecule has 0 aliphatic carbocycles. The number of carbonyl (C=O) groups excluding carboxylic acids is 1. The summed E-state index contributed by atoms with van der Waals surface area (Å²) < 4.78 is 5.19. The van der Waals surface area contributed by atoms with E-state index < -0.39 is 0 Å². The molecule has 0 aromatic heterocycles. The van der Waals surface area contributed by atoms with Crippen molar-refractivity contribution in [3.63, 3.8) is 0 Å². The number of hydrogen-bond acceptors (Lipinski definition) is 3. The Balaban J connectivity index is 2.09. The van der Waals surface area contributed by atoms with Crippen LogP contribution in [-0.2, 0) is 4.74 Å². The lowest BCUT2D eigenvalue weighted by molar-refractivity contribution is 0.0794. The highest BCUT2D eigenvalue weighted by Crippen LogP contribution is 2.24. The first-order valence-corrected chi connectivity index (χ1v) is 4.30. The lowest BCUT2D eigenvalue weighted by atomic mass is 10.0. The van der Waals surface area contributed by atoms with Crippen molar-refractivity contribution in [3.8, 4) is 0 Å². The quantitative estimate of drug-likeness (QED) is 0.518. The number of ether oxygens (including phenoxy) is 1. The van der Waals surface area contributed by atoms with Crippen LogP contribution in [0, 0.1) is 0 Å². The Morgan fingerprint density at radius 2 is 2.25 bits per heavy atom. The van der Waals surface area contributed by atoms with E-state index in [2.05, 4.69) is 11.9 Å². The molecule has 1 amide bonds. The number of fused-ring (bicyclic) bond motifs is 1. The molecule has 12 heavy (non-hydrogen) atoms. The molecule has 2 rings (SSSR count). The summed E-state index contributed by atoms with van der Waals surface area (Å²) in [5.74, 6) is 0. The van der Waals surface area contributed by atoms with Gasteiger partial charge in [-0.2, -0.15) is 0 Å². The van der Waals surface area contributed by atoms with E-state index in [1.54, 1.807) is 4.90 Å². The van der Waals surface area contributed by atoms with Crippen molar-refractivity contribution in [1.29, 1.82) is 0 Å². The van der Waals surface area contributed by atoms with Crippen LogP contribution in [0.2, 0.25) is 0 Å². The molecule has 68 valence electrons. The van der Waals surface area contributed by atoms with E-state index in [9.17, 15) is 4.79 Å². The number of rotatable bonds is 0. The summed E-state index contributed by atoms with van der Waals surface area (Å²) >= 11 is 0. The molecule has 0 N–H and O–H groups in total. The Labute approximate surface area is 72.1 Å². The molecule has 0 bridgehead atoms. The SMILES string of the molecule is CN1CCC2C(C1)OC(=O)N2C. The number of hydrogen-bond donors (Lipinski definition) is 0. The molecule has 0 radical (unpaired) electrons. The third kappa shape index (κ3) is 1.06. The van der Waals surface area contributed by atoms with Crippen molar-refractivity contribution in [1.82, 2.24) is 9.80 Å². The third-order valence-electron chi connectivity index (χ3n) is 2.77. The fourth-order valence-electron chi connectivity index (χ4n) is 1.97. The van der Waals surface area contributed by atoms with Gasteiger partial charge in [-0.3, -0.25) is 0 Å².